The number of non-ortho nitro benzene ring substituents is 1. The average molecular weight is 264 g/mol. The molecule has 0 saturated carbocycles. The molecule has 1 heterocycles. The van der Waals surface area contributed by atoms with Crippen molar-refractivity contribution in [2.24, 2.45) is 5.92 Å². The Morgan fingerprint density at radius 1 is 1.53 bits per heavy atom. The minimum Gasteiger partial charge on any atom is -0.392 e. The van der Waals surface area contributed by atoms with Crippen molar-refractivity contribution < 1.29 is 10.0 Å². The van der Waals surface area contributed by atoms with Crippen LogP contribution in [0.3, 0.4) is 0 Å². The van der Waals surface area contributed by atoms with Crippen molar-refractivity contribution >= 4 is 11.4 Å². The fourth-order valence-corrected chi connectivity index (χ4v) is 2.82. The van der Waals surface area contributed by atoms with E-state index in [4.69, 9.17) is 0 Å². The Hall–Kier alpha value is -1.62. The van der Waals surface area contributed by atoms with Gasteiger partial charge in [-0.3, -0.25) is 10.1 Å². The first-order valence-electron chi connectivity index (χ1n) is 6.78. The fourth-order valence-electron chi connectivity index (χ4n) is 2.82. The van der Waals surface area contributed by atoms with E-state index in [-0.39, 0.29) is 12.3 Å². The molecular formula is C14H20N2O3. The van der Waals surface area contributed by atoms with Crippen molar-refractivity contribution in [3.05, 3.63) is 33.9 Å². The van der Waals surface area contributed by atoms with Crippen LogP contribution in [0, 0.1) is 16.0 Å². The van der Waals surface area contributed by atoms with E-state index in [1.165, 1.54) is 25.0 Å². The first-order valence-corrected chi connectivity index (χ1v) is 6.78. The number of benzene rings is 1. The third kappa shape index (κ3) is 3.04. The third-order valence-corrected chi connectivity index (χ3v) is 3.77. The molecule has 5 heteroatoms. The summed E-state index contributed by atoms with van der Waals surface area (Å²) < 4.78 is 0. The topological polar surface area (TPSA) is 66.6 Å². The van der Waals surface area contributed by atoms with E-state index in [0.29, 0.717) is 11.5 Å². The second-order valence-corrected chi connectivity index (χ2v) is 5.12. The number of aliphatic hydroxyl groups is 1. The lowest BCUT2D eigenvalue weighted by atomic mass is 10.0. The van der Waals surface area contributed by atoms with Gasteiger partial charge in [0.05, 0.1) is 11.5 Å². The number of nitro benzene ring substituents is 1. The van der Waals surface area contributed by atoms with Crippen molar-refractivity contribution in [1.29, 1.82) is 0 Å². The summed E-state index contributed by atoms with van der Waals surface area (Å²) in [7, 11) is 0. The largest absolute Gasteiger partial charge is 0.392 e. The molecule has 1 fully saturated rings. The maximum absolute atomic E-state index is 10.7. The van der Waals surface area contributed by atoms with Gasteiger partial charge in [0.1, 0.15) is 0 Å². The molecule has 1 aliphatic rings. The molecule has 1 aromatic carbocycles. The normalized spacial score (nSPS) is 18.8. The standard InChI is InChI=1S/C14H20N2O3/c1-2-3-11-6-7-15(9-11)14-5-4-13(16(18)19)8-12(14)10-17/h4-5,8,11,17H,2-3,6-7,9-10H2,1H3. The summed E-state index contributed by atoms with van der Waals surface area (Å²) >= 11 is 0. The Labute approximate surface area is 113 Å². The van der Waals surface area contributed by atoms with Gasteiger partial charge in [-0.2, -0.15) is 0 Å². The Kier molecular flexibility index (Phi) is 4.37. The second-order valence-electron chi connectivity index (χ2n) is 5.12. The van der Waals surface area contributed by atoms with Crippen molar-refractivity contribution in [2.45, 2.75) is 32.8 Å². The van der Waals surface area contributed by atoms with Crippen molar-refractivity contribution in [1.82, 2.24) is 0 Å². The molecule has 0 radical (unpaired) electrons. The van der Waals surface area contributed by atoms with Gasteiger partial charge in [-0.15, -0.1) is 0 Å². The van der Waals surface area contributed by atoms with Gasteiger partial charge < -0.3 is 10.0 Å². The molecular weight excluding hydrogens is 244 g/mol. The predicted octanol–water partition coefficient (Wildman–Crippen LogP) is 2.71. The van der Waals surface area contributed by atoms with Crippen LogP contribution in [0.15, 0.2) is 18.2 Å². The molecule has 1 saturated heterocycles. The molecule has 0 aromatic heterocycles. The van der Waals surface area contributed by atoms with Gasteiger partial charge in [-0.05, 0) is 24.8 Å². The summed E-state index contributed by atoms with van der Waals surface area (Å²) in [5.41, 5.74) is 1.62. The summed E-state index contributed by atoms with van der Waals surface area (Å²) in [6.45, 7) is 3.98. The lowest BCUT2D eigenvalue weighted by Crippen LogP contribution is -2.21. The van der Waals surface area contributed by atoms with Gasteiger partial charge in [0.15, 0.2) is 0 Å². The van der Waals surface area contributed by atoms with Gasteiger partial charge in [0.2, 0.25) is 0 Å². The molecule has 1 aromatic rings. The number of hydrogen-bond acceptors (Lipinski definition) is 4. The van der Waals surface area contributed by atoms with Crippen molar-refractivity contribution in [3.63, 3.8) is 0 Å². The Balaban J connectivity index is 2.18. The van der Waals surface area contributed by atoms with E-state index < -0.39 is 4.92 Å². The quantitative estimate of drug-likeness (QED) is 0.656. The minimum absolute atomic E-state index is 0.0390. The zero-order chi connectivity index (χ0) is 13.8. The Morgan fingerprint density at radius 2 is 2.32 bits per heavy atom. The lowest BCUT2D eigenvalue weighted by Gasteiger charge is -2.21. The SMILES string of the molecule is CCCC1CCN(c2ccc([N+](=O)[O-])cc2CO)C1. The van der Waals surface area contributed by atoms with Crippen LogP contribution in [-0.2, 0) is 6.61 Å². The Bertz CT molecular complexity index is 462. The van der Waals surface area contributed by atoms with E-state index >= 15 is 0 Å². The predicted molar refractivity (Wildman–Crippen MR) is 74.2 cm³/mol. The first-order chi connectivity index (χ1) is 9.15. The van der Waals surface area contributed by atoms with Gasteiger partial charge in [0, 0.05) is 36.5 Å². The highest BCUT2D eigenvalue weighted by Crippen LogP contribution is 2.31. The van der Waals surface area contributed by atoms with Gasteiger partial charge in [-0.25, -0.2) is 0 Å². The zero-order valence-corrected chi connectivity index (χ0v) is 11.2. The second kappa shape index (κ2) is 6.02. The molecule has 0 amide bonds. The number of rotatable bonds is 5. The van der Waals surface area contributed by atoms with Crippen LogP contribution in [-0.4, -0.2) is 23.1 Å². The van der Waals surface area contributed by atoms with Gasteiger partial charge in [0.25, 0.3) is 5.69 Å². The molecule has 0 bridgehead atoms. The number of anilines is 1. The Morgan fingerprint density at radius 3 is 2.95 bits per heavy atom. The summed E-state index contributed by atoms with van der Waals surface area (Å²) in [4.78, 5) is 12.6. The van der Waals surface area contributed by atoms with Crippen molar-refractivity contribution in [2.75, 3.05) is 18.0 Å². The summed E-state index contributed by atoms with van der Waals surface area (Å²) in [5, 5.41) is 20.2. The molecule has 1 atom stereocenters. The monoisotopic (exact) mass is 264 g/mol. The van der Waals surface area contributed by atoms with E-state index in [0.717, 1.165) is 25.2 Å². The van der Waals surface area contributed by atoms with E-state index in [2.05, 4.69) is 11.8 Å². The molecule has 1 aliphatic heterocycles. The van der Waals surface area contributed by atoms with Gasteiger partial charge >= 0.3 is 0 Å². The van der Waals surface area contributed by atoms with Crippen molar-refractivity contribution in [3.8, 4) is 0 Å². The first kappa shape index (κ1) is 13.8. The fraction of sp³-hybridized carbons (Fsp3) is 0.571. The molecule has 0 spiro atoms. The zero-order valence-electron chi connectivity index (χ0n) is 11.2. The molecule has 2 rings (SSSR count). The molecule has 1 N–H and O–H groups in total. The molecule has 104 valence electrons. The van der Waals surface area contributed by atoms with Crippen LogP contribution in [0.2, 0.25) is 0 Å². The number of nitro groups is 1. The van der Waals surface area contributed by atoms with Crippen LogP contribution in [0.4, 0.5) is 11.4 Å². The maximum atomic E-state index is 10.7. The lowest BCUT2D eigenvalue weighted by molar-refractivity contribution is -0.384. The van der Waals surface area contributed by atoms with Crippen LogP contribution in [0.1, 0.15) is 31.7 Å². The average Bonchev–Trinajstić information content (AvgIpc) is 2.86. The number of nitrogens with zero attached hydrogens (tertiary/aromatic N) is 2. The number of hydrogen-bond donors (Lipinski definition) is 1. The number of aliphatic hydroxyl groups excluding tert-OH is 1. The summed E-state index contributed by atoms with van der Waals surface area (Å²) in [6.07, 6.45) is 3.57. The molecule has 19 heavy (non-hydrogen) atoms. The van der Waals surface area contributed by atoms with Crippen LogP contribution in [0.5, 0.6) is 0 Å². The summed E-state index contributed by atoms with van der Waals surface area (Å²) in [6, 6.07) is 4.75. The van der Waals surface area contributed by atoms with E-state index in [1.807, 2.05) is 0 Å². The van der Waals surface area contributed by atoms with Crippen LogP contribution >= 0.6 is 0 Å². The van der Waals surface area contributed by atoms with Gasteiger partial charge in [-0.1, -0.05) is 13.3 Å². The van der Waals surface area contributed by atoms with E-state index in [1.54, 1.807) is 6.07 Å². The third-order valence-electron chi connectivity index (χ3n) is 3.77. The highest BCUT2D eigenvalue weighted by molar-refractivity contribution is 5.58. The molecule has 5 nitrogen and oxygen atoms in total. The maximum Gasteiger partial charge on any atom is 0.269 e. The highest BCUT2D eigenvalue weighted by atomic mass is 16.6. The smallest absolute Gasteiger partial charge is 0.269 e. The molecule has 1 unspecified atom stereocenters. The van der Waals surface area contributed by atoms with Crippen LogP contribution in [0.25, 0.3) is 0 Å². The van der Waals surface area contributed by atoms with Crippen LogP contribution < -0.4 is 4.90 Å². The summed E-state index contributed by atoms with van der Waals surface area (Å²) in [5.74, 6) is 0.701. The van der Waals surface area contributed by atoms with E-state index in [9.17, 15) is 15.2 Å². The minimum atomic E-state index is -0.424. The highest BCUT2D eigenvalue weighted by Gasteiger charge is 2.24. The molecule has 0 aliphatic carbocycles.